The first-order valence-electron chi connectivity index (χ1n) is 6.83. The Kier molecular flexibility index (Phi) is 4.75. The van der Waals surface area contributed by atoms with Crippen molar-refractivity contribution in [3.63, 3.8) is 0 Å². The molecule has 1 saturated heterocycles. The van der Waals surface area contributed by atoms with E-state index in [0.717, 1.165) is 48.0 Å². The van der Waals surface area contributed by atoms with E-state index in [4.69, 9.17) is 5.73 Å². The molecule has 0 unspecified atom stereocenters. The monoisotopic (exact) mass is 278 g/mol. The van der Waals surface area contributed by atoms with E-state index >= 15 is 0 Å². The Hall–Kier alpha value is -1.16. The number of rotatable bonds is 3. The van der Waals surface area contributed by atoms with Crippen LogP contribution in [0.15, 0.2) is 23.1 Å². The third-order valence-electron chi connectivity index (χ3n) is 3.69. The van der Waals surface area contributed by atoms with Gasteiger partial charge in [-0.1, -0.05) is 6.92 Å². The predicted octanol–water partition coefficient (Wildman–Crippen LogP) is 2.93. The number of amides is 1. The summed E-state index contributed by atoms with van der Waals surface area (Å²) in [5, 5.41) is 0. The summed E-state index contributed by atoms with van der Waals surface area (Å²) in [6, 6.07) is 5.85. The Morgan fingerprint density at radius 3 is 2.74 bits per heavy atom. The Balaban J connectivity index is 1.86. The highest BCUT2D eigenvalue weighted by Gasteiger charge is 2.20. The maximum Gasteiger partial charge on any atom is 0.232 e. The van der Waals surface area contributed by atoms with Gasteiger partial charge in [-0.15, -0.1) is 11.8 Å². The van der Waals surface area contributed by atoms with Gasteiger partial charge in [-0.25, -0.2) is 0 Å². The largest absolute Gasteiger partial charge is 0.399 e. The molecule has 1 aliphatic rings. The van der Waals surface area contributed by atoms with E-state index in [1.54, 1.807) is 11.8 Å². The van der Waals surface area contributed by atoms with Crippen molar-refractivity contribution in [1.82, 2.24) is 4.90 Å². The predicted molar refractivity (Wildman–Crippen MR) is 81.3 cm³/mol. The van der Waals surface area contributed by atoms with Crippen LogP contribution in [-0.2, 0) is 4.79 Å². The van der Waals surface area contributed by atoms with Gasteiger partial charge in [0, 0.05) is 23.7 Å². The molecule has 104 valence electrons. The fourth-order valence-electron chi connectivity index (χ4n) is 2.32. The lowest BCUT2D eigenvalue weighted by molar-refractivity contribution is -0.129. The van der Waals surface area contributed by atoms with Crippen LogP contribution in [0.25, 0.3) is 0 Å². The third kappa shape index (κ3) is 3.90. The van der Waals surface area contributed by atoms with E-state index in [2.05, 4.69) is 6.92 Å². The fraction of sp³-hybridized carbons (Fsp3) is 0.533. The van der Waals surface area contributed by atoms with Gasteiger partial charge >= 0.3 is 0 Å². The molecule has 0 atom stereocenters. The van der Waals surface area contributed by atoms with Gasteiger partial charge in [0.2, 0.25) is 5.91 Å². The van der Waals surface area contributed by atoms with Gasteiger partial charge in [0.05, 0.1) is 5.75 Å². The van der Waals surface area contributed by atoms with Gasteiger partial charge in [0.15, 0.2) is 0 Å². The molecule has 1 aliphatic heterocycles. The lowest BCUT2D eigenvalue weighted by atomic mass is 9.99. The summed E-state index contributed by atoms with van der Waals surface area (Å²) in [5.41, 5.74) is 7.65. The molecule has 1 fully saturated rings. The highest BCUT2D eigenvalue weighted by Crippen LogP contribution is 2.25. The van der Waals surface area contributed by atoms with Gasteiger partial charge in [0.1, 0.15) is 0 Å². The normalized spacial score (nSPS) is 16.6. The number of carbonyl (C=O) groups excluding carboxylic acids is 1. The number of piperidine rings is 1. The van der Waals surface area contributed by atoms with E-state index in [1.165, 1.54) is 0 Å². The Bertz CT molecular complexity index is 453. The first-order valence-corrected chi connectivity index (χ1v) is 7.81. The van der Waals surface area contributed by atoms with Crippen molar-refractivity contribution in [3.8, 4) is 0 Å². The zero-order valence-corrected chi connectivity index (χ0v) is 12.5. The van der Waals surface area contributed by atoms with Crippen LogP contribution in [0, 0.1) is 12.8 Å². The minimum absolute atomic E-state index is 0.258. The maximum atomic E-state index is 12.1. The number of hydrogen-bond acceptors (Lipinski definition) is 3. The molecule has 0 bridgehead atoms. The number of nitrogen functional groups attached to an aromatic ring is 1. The molecule has 1 amide bonds. The van der Waals surface area contributed by atoms with Crippen LogP contribution in [0.5, 0.6) is 0 Å². The van der Waals surface area contributed by atoms with Crippen molar-refractivity contribution in [2.45, 2.75) is 31.6 Å². The van der Waals surface area contributed by atoms with E-state index in [1.807, 2.05) is 30.0 Å². The van der Waals surface area contributed by atoms with E-state index in [0.29, 0.717) is 5.75 Å². The molecule has 1 aromatic rings. The molecule has 1 heterocycles. The molecule has 3 nitrogen and oxygen atoms in total. The van der Waals surface area contributed by atoms with Crippen molar-refractivity contribution in [3.05, 3.63) is 23.8 Å². The molecule has 4 heteroatoms. The Labute approximate surface area is 119 Å². The molecule has 2 rings (SSSR count). The van der Waals surface area contributed by atoms with Gasteiger partial charge in [-0.05, 0) is 49.4 Å². The van der Waals surface area contributed by atoms with E-state index in [-0.39, 0.29) is 5.91 Å². The lowest BCUT2D eigenvalue weighted by Crippen LogP contribution is -2.38. The molecule has 19 heavy (non-hydrogen) atoms. The first-order chi connectivity index (χ1) is 9.06. The van der Waals surface area contributed by atoms with Crippen molar-refractivity contribution >= 4 is 23.4 Å². The number of likely N-dealkylation sites (tertiary alicyclic amines) is 1. The zero-order chi connectivity index (χ0) is 13.8. The van der Waals surface area contributed by atoms with Gasteiger partial charge in [-0.3, -0.25) is 4.79 Å². The minimum atomic E-state index is 0.258. The van der Waals surface area contributed by atoms with Crippen LogP contribution in [0.1, 0.15) is 25.3 Å². The number of aryl methyl sites for hydroxylation is 1. The summed E-state index contributed by atoms with van der Waals surface area (Å²) in [5.74, 6) is 1.54. The molecule has 0 aliphatic carbocycles. The number of nitrogens with two attached hydrogens (primary N) is 1. The minimum Gasteiger partial charge on any atom is -0.399 e. The summed E-state index contributed by atoms with van der Waals surface area (Å²) in [6.07, 6.45) is 2.27. The second-order valence-electron chi connectivity index (χ2n) is 5.38. The number of anilines is 1. The summed E-state index contributed by atoms with van der Waals surface area (Å²) in [7, 11) is 0. The lowest BCUT2D eigenvalue weighted by Gasteiger charge is -2.30. The van der Waals surface area contributed by atoms with Gasteiger partial charge in [-0.2, -0.15) is 0 Å². The number of hydrogen-bond donors (Lipinski definition) is 1. The first kappa shape index (κ1) is 14.3. The molecule has 0 spiro atoms. The van der Waals surface area contributed by atoms with Crippen molar-refractivity contribution < 1.29 is 4.79 Å². The number of thioether (sulfide) groups is 1. The number of benzene rings is 1. The van der Waals surface area contributed by atoms with E-state index in [9.17, 15) is 4.79 Å². The molecule has 2 N–H and O–H groups in total. The molecule has 0 radical (unpaired) electrons. The molecule has 0 aromatic heterocycles. The summed E-state index contributed by atoms with van der Waals surface area (Å²) >= 11 is 1.61. The van der Waals surface area contributed by atoms with Crippen LogP contribution in [0.2, 0.25) is 0 Å². The van der Waals surface area contributed by atoms with Crippen LogP contribution in [0.4, 0.5) is 5.69 Å². The Morgan fingerprint density at radius 1 is 1.42 bits per heavy atom. The second kappa shape index (κ2) is 6.33. The molecular weight excluding hydrogens is 256 g/mol. The van der Waals surface area contributed by atoms with Gasteiger partial charge in [0.25, 0.3) is 0 Å². The SMILES string of the molecule is Cc1cc(N)ccc1SCC(=O)N1CCC(C)CC1. The van der Waals surface area contributed by atoms with Crippen LogP contribution >= 0.6 is 11.8 Å². The highest BCUT2D eigenvalue weighted by molar-refractivity contribution is 8.00. The van der Waals surface area contributed by atoms with Crippen LogP contribution in [-0.4, -0.2) is 29.6 Å². The summed E-state index contributed by atoms with van der Waals surface area (Å²) < 4.78 is 0. The van der Waals surface area contributed by atoms with Crippen molar-refractivity contribution in [1.29, 1.82) is 0 Å². The third-order valence-corrected chi connectivity index (χ3v) is 4.85. The summed E-state index contributed by atoms with van der Waals surface area (Å²) in [6.45, 7) is 6.13. The summed E-state index contributed by atoms with van der Waals surface area (Å²) in [4.78, 5) is 15.3. The average molecular weight is 278 g/mol. The zero-order valence-electron chi connectivity index (χ0n) is 11.7. The molecule has 1 aromatic carbocycles. The smallest absolute Gasteiger partial charge is 0.232 e. The van der Waals surface area contributed by atoms with Crippen molar-refractivity contribution in [2.24, 2.45) is 5.92 Å². The topological polar surface area (TPSA) is 46.3 Å². The maximum absolute atomic E-state index is 12.1. The molecule has 0 saturated carbocycles. The molecular formula is C15H22N2OS. The number of nitrogens with zero attached hydrogens (tertiary/aromatic N) is 1. The van der Waals surface area contributed by atoms with E-state index < -0.39 is 0 Å². The second-order valence-corrected chi connectivity index (χ2v) is 6.39. The van der Waals surface area contributed by atoms with Crippen LogP contribution < -0.4 is 5.73 Å². The van der Waals surface area contributed by atoms with Crippen molar-refractivity contribution in [2.75, 3.05) is 24.6 Å². The quantitative estimate of drug-likeness (QED) is 0.683. The number of carbonyl (C=O) groups is 1. The fourth-order valence-corrected chi connectivity index (χ4v) is 3.24. The highest BCUT2D eigenvalue weighted by atomic mass is 32.2. The van der Waals surface area contributed by atoms with Gasteiger partial charge < -0.3 is 10.6 Å². The Morgan fingerprint density at radius 2 is 2.11 bits per heavy atom. The standard InChI is InChI=1S/C15H22N2OS/c1-11-5-7-17(8-6-11)15(18)10-19-14-4-3-13(16)9-12(14)2/h3-4,9,11H,5-8,10,16H2,1-2H3. The average Bonchev–Trinajstić information content (AvgIpc) is 2.38. The van der Waals surface area contributed by atoms with Crippen LogP contribution in [0.3, 0.4) is 0 Å².